The van der Waals surface area contributed by atoms with Gasteiger partial charge in [0.2, 0.25) is 5.78 Å². The van der Waals surface area contributed by atoms with E-state index in [1.165, 1.54) is 42.5 Å². The number of carbonyl (C=O) groups excluding carboxylic acids is 1. The van der Waals surface area contributed by atoms with Crippen LogP contribution in [0, 0.1) is 20.2 Å². The molecule has 3 rings (SSSR count). The molecule has 0 saturated heterocycles. The SMILES string of the molecule is O=C(c1ccc2cccc([N+](=O)[O-])c2n1)C(Cl)c1ccc([N+](=O)[O-])cc1. The number of fused-ring (bicyclic) bond motifs is 1. The summed E-state index contributed by atoms with van der Waals surface area (Å²) >= 11 is 6.18. The van der Waals surface area contributed by atoms with Crippen molar-refractivity contribution in [3.05, 3.63) is 86.1 Å². The molecular formula is C17H10ClN3O5. The Morgan fingerprint density at radius 2 is 1.65 bits per heavy atom. The Balaban J connectivity index is 1.97. The highest BCUT2D eigenvalue weighted by atomic mass is 35.5. The van der Waals surface area contributed by atoms with Crippen LogP contribution < -0.4 is 0 Å². The lowest BCUT2D eigenvalue weighted by Gasteiger charge is -2.09. The van der Waals surface area contributed by atoms with E-state index in [4.69, 9.17) is 11.6 Å². The number of Topliss-reactive ketones (excluding diaryl/α,β-unsaturated/α-hetero) is 1. The monoisotopic (exact) mass is 371 g/mol. The fourth-order valence-electron chi connectivity index (χ4n) is 2.46. The number of carbonyl (C=O) groups is 1. The second kappa shape index (κ2) is 6.85. The van der Waals surface area contributed by atoms with Crippen molar-refractivity contribution in [2.75, 3.05) is 0 Å². The summed E-state index contributed by atoms with van der Waals surface area (Å²) in [5, 5.41) is 21.2. The van der Waals surface area contributed by atoms with Crippen LogP contribution in [0.5, 0.6) is 0 Å². The third kappa shape index (κ3) is 3.22. The zero-order valence-electron chi connectivity index (χ0n) is 13.0. The number of aromatic nitrogens is 1. The third-order valence-corrected chi connectivity index (χ3v) is 4.23. The maximum atomic E-state index is 12.6. The van der Waals surface area contributed by atoms with Crippen LogP contribution in [0.3, 0.4) is 0 Å². The first-order chi connectivity index (χ1) is 12.4. The van der Waals surface area contributed by atoms with Gasteiger partial charge < -0.3 is 0 Å². The van der Waals surface area contributed by atoms with Crippen molar-refractivity contribution in [2.45, 2.75) is 5.38 Å². The fourth-order valence-corrected chi connectivity index (χ4v) is 2.72. The Kier molecular flexibility index (Phi) is 4.59. The number of para-hydroxylation sites is 1. The largest absolute Gasteiger partial charge is 0.295 e. The molecule has 0 aliphatic heterocycles. The summed E-state index contributed by atoms with van der Waals surface area (Å²) in [5.41, 5.74) is 0.107. The molecule has 1 unspecified atom stereocenters. The van der Waals surface area contributed by atoms with Gasteiger partial charge in [-0.1, -0.05) is 30.3 Å². The second-order valence-corrected chi connectivity index (χ2v) is 5.81. The molecular weight excluding hydrogens is 362 g/mol. The number of hydrogen-bond donors (Lipinski definition) is 0. The van der Waals surface area contributed by atoms with Gasteiger partial charge in [-0.25, -0.2) is 4.98 Å². The Hall–Kier alpha value is -3.39. The molecule has 3 aromatic rings. The summed E-state index contributed by atoms with van der Waals surface area (Å²) in [6, 6.07) is 12.7. The number of non-ortho nitro benzene ring substituents is 2. The lowest BCUT2D eigenvalue weighted by Crippen LogP contribution is -2.10. The molecule has 2 aromatic carbocycles. The molecule has 1 aromatic heterocycles. The Bertz CT molecular complexity index is 1040. The minimum absolute atomic E-state index is 0.0230. The van der Waals surface area contributed by atoms with Crippen LogP contribution in [-0.2, 0) is 0 Å². The second-order valence-electron chi connectivity index (χ2n) is 5.38. The van der Waals surface area contributed by atoms with Gasteiger partial charge >= 0.3 is 0 Å². The molecule has 1 atom stereocenters. The molecule has 1 heterocycles. The van der Waals surface area contributed by atoms with Crippen LogP contribution in [0.15, 0.2) is 54.6 Å². The number of ketones is 1. The number of nitrogens with zero attached hydrogens (tertiary/aromatic N) is 3. The highest BCUT2D eigenvalue weighted by molar-refractivity contribution is 6.33. The lowest BCUT2D eigenvalue weighted by molar-refractivity contribution is -0.384. The molecule has 8 nitrogen and oxygen atoms in total. The number of benzene rings is 2. The van der Waals surface area contributed by atoms with Crippen LogP contribution in [0.25, 0.3) is 10.9 Å². The molecule has 9 heteroatoms. The number of nitro benzene ring substituents is 2. The van der Waals surface area contributed by atoms with Gasteiger partial charge in [-0.05, 0) is 11.6 Å². The van der Waals surface area contributed by atoms with Crippen LogP contribution in [-0.4, -0.2) is 20.6 Å². The van der Waals surface area contributed by atoms with E-state index in [0.717, 1.165) is 0 Å². The lowest BCUT2D eigenvalue weighted by atomic mass is 10.0. The van der Waals surface area contributed by atoms with E-state index in [9.17, 15) is 25.0 Å². The van der Waals surface area contributed by atoms with Gasteiger partial charge in [-0.3, -0.25) is 25.0 Å². The predicted molar refractivity (Wildman–Crippen MR) is 94.4 cm³/mol. The first kappa shape index (κ1) is 17.4. The third-order valence-electron chi connectivity index (χ3n) is 3.77. The normalized spacial score (nSPS) is 11.9. The first-order valence-electron chi connectivity index (χ1n) is 7.35. The molecule has 0 spiro atoms. The van der Waals surface area contributed by atoms with E-state index in [2.05, 4.69) is 4.98 Å². The zero-order chi connectivity index (χ0) is 18.8. The van der Waals surface area contributed by atoms with Crippen LogP contribution in [0.1, 0.15) is 21.4 Å². The van der Waals surface area contributed by atoms with E-state index in [0.29, 0.717) is 10.9 Å². The van der Waals surface area contributed by atoms with E-state index < -0.39 is 21.0 Å². The molecule has 0 aliphatic rings. The fraction of sp³-hybridized carbons (Fsp3) is 0.0588. The topological polar surface area (TPSA) is 116 Å². The van der Waals surface area contributed by atoms with Crippen molar-refractivity contribution >= 4 is 39.7 Å². The summed E-state index contributed by atoms with van der Waals surface area (Å²) in [5.74, 6) is -0.555. The van der Waals surface area contributed by atoms with E-state index in [-0.39, 0.29) is 22.6 Å². The minimum atomic E-state index is -1.12. The first-order valence-corrected chi connectivity index (χ1v) is 7.79. The predicted octanol–water partition coefficient (Wildman–Crippen LogP) is 4.21. The Morgan fingerprint density at radius 1 is 0.962 bits per heavy atom. The summed E-state index contributed by atoms with van der Waals surface area (Å²) in [7, 11) is 0. The van der Waals surface area contributed by atoms with Gasteiger partial charge in [0.25, 0.3) is 11.4 Å². The number of hydrogen-bond acceptors (Lipinski definition) is 6. The highest BCUT2D eigenvalue weighted by Crippen LogP contribution is 2.29. The smallest absolute Gasteiger partial charge is 0.290 e. The van der Waals surface area contributed by atoms with Crippen molar-refractivity contribution in [3.8, 4) is 0 Å². The van der Waals surface area contributed by atoms with E-state index in [1.807, 2.05) is 0 Å². The van der Waals surface area contributed by atoms with Gasteiger partial charge in [0.05, 0.1) is 9.85 Å². The van der Waals surface area contributed by atoms with Gasteiger partial charge in [-0.2, -0.15) is 0 Å². The number of nitro groups is 2. The molecule has 0 bridgehead atoms. The van der Waals surface area contributed by atoms with Crippen molar-refractivity contribution in [1.29, 1.82) is 0 Å². The zero-order valence-corrected chi connectivity index (χ0v) is 13.8. The van der Waals surface area contributed by atoms with Crippen molar-refractivity contribution in [1.82, 2.24) is 4.98 Å². The summed E-state index contributed by atoms with van der Waals surface area (Å²) in [6.45, 7) is 0. The number of alkyl halides is 1. The number of pyridine rings is 1. The standard InChI is InChI=1S/C17H10ClN3O5/c18-15(10-4-7-12(8-5-10)20(23)24)17(22)13-9-6-11-2-1-3-14(21(25)26)16(11)19-13/h1-9,15H. The van der Waals surface area contributed by atoms with Gasteiger partial charge in [0.1, 0.15) is 16.6 Å². The Morgan fingerprint density at radius 3 is 2.27 bits per heavy atom. The maximum absolute atomic E-state index is 12.6. The van der Waals surface area contributed by atoms with Gasteiger partial charge in [0.15, 0.2) is 0 Å². The van der Waals surface area contributed by atoms with Crippen LogP contribution in [0.4, 0.5) is 11.4 Å². The maximum Gasteiger partial charge on any atom is 0.295 e. The average molecular weight is 372 g/mol. The van der Waals surface area contributed by atoms with Crippen molar-refractivity contribution in [2.24, 2.45) is 0 Å². The Labute approximate surface area is 151 Å². The van der Waals surface area contributed by atoms with Crippen LogP contribution in [0.2, 0.25) is 0 Å². The molecule has 26 heavy (non-hydrogen) atoms. The number of halogens is 1. The molecule has 0 saturated carbocycles. The van der Waals surface area contributed by atoms with E-state index in [1.54, 1.807) is 12.1 Å². The molecule has 0 amide bonds. The highest BCUT2D eigenvalue weighted by Gasteiger charge is 2.23. The molecule has 0 radical (unpaired) electrons. The summed E-state index contributed by atoms with van der Waals surface area (Å²) in [6.07, 6.45) is 0. The van der Waals surface area contributed by atoms with Gasteiger partial charge in [-0.15, -0.1) is 11.6 Å². The molecule has 0 N–H and O–H groups in total. The minimum Gasteiger partial charge on any atom is -0.290 e. The average Bonchev–Trinajstić information content (AvgIpc) is 2.65. The number of rotatable bonds is 5. The van der Waals surface area contributed by atoms with E-state index >= 15 is 0 Å². The summed E-state index contributed by atoms with van der Waals surface area (Å²) < 4.78 is 0. The van der Waals surface area contributed by atoms with Gasteiger partial charge in [0, 0.05) is 23.6 Å². The molecule has 0 aliphatic carbocycles. The van der Waals surface area contributed by atoms with Crippen molar-refractivity contribution < 1.29 is 14.6 Å². The van der Waals surface area contributed by atoms with Crippen molar-refractivity contribution in [3.63, 3.8) is 0 Å². The van der Waals surface area contributed by atoms with Crippen LogP contribution >= 0.6 is 11.6 Å². The summed E-state index contributed by atoms with van der Waals surface area (Å²) in [4.78, 5) is 37.4. The molecule has 130 valence electrons. The quantitative estimate of drug-likeness (QED) is 0.287. The molecule has 0 fully saturated rings.